The fourth-order valence-electron chi connectivity index (χ4n) is 2.50. The molecule has 132 valence electrons. The maximum Gasteiger partial charge on any atom is 0.313 e. The number of hydrogen-bond donors (Lipinski definition) is 2. The van der Waals surface area contributed by atoms with Gasteiger partial charge in [0, 0.05) is 0 Å². The van der Waals surface area contributed by atoms with Crippen molar-refractivity contribution in [3.05, 3.63) is 59.7 Å². The van der Waals surface area contributed by atoms with Gasteiger partial charge in [0.05, 0.1) is 10.8 Å². The highest BCUT2D eigenvalue weighted by Crippen LogP contribution is 2.38. The van der Waals surface area contributed by atoms with Crippen molar-refractivity contribution in [2.75, 3.05) is 0 Å². The van der Waals surface area contributed by atoms with Crippen molar-refractivity contribution in [3.63, 3.8) is 0 Å². The summed E-state index contributed by atoms with van der Waals surface area (Å²) in [6.07, 6.45) is 0. The van der Waals surface area contributed by atoms with Crippen LogP contribution in [0.25, 0.3) is 0 Å². The summed E-state index contributed by atoms with van der Waals surface area (Å²) < 4.78 is 5.78. The molecule has 25 heavy (non-hydrogen) atoms. The lowest BCUT2D eigenvalue weighted by Crippen LogP contribution is -2.36. The summed E-state index contributed by atoms with van der Waals surface area (Å²) in [4.78, 5) is 23.4. The van der Waals surface area contributed by atoms with E-state index in [1.165, 1.54) is 0 Å². The van der Waals surface area contributed by atoms with E-state index in [0.717, 1.165) is 0 Å². The maximum atomic E-state index is 11.8. The van der Waals surface area contributed by atoms with E-state index < -0.39 is 22.8 Å². The molecule has 0 spiro atoms. The van der Waals surface area contributed by atoms with Crippen molar-refractivity contribution in [2.24, 2.45) is 0 Å². The molecule has 0 aromatic heterocycles. The molecule has 0 radical (unpaired) electrons. The minimum atomic E-state index is -1.27. The predicted octanol–water partition coefficient (Wildman–Crippen LogP) is 4.20. The molecule has 0 atom stereocenters. The summed E-state index contributed by atoms with van der Waals surface area (Å²) in [5.74, 6) is -0.981. The third kappa shape index (κ3) is 3.65. The van der Waals surface area contributed by atoms with Crippen LogP contribution in [0, 0.1) is 0 Å². The Labute approximate surface area is 146 Å². The second kappa shape index (κ2) is 6.59. The molecule has 0 fully saturated rings. The predicted molar refractivity (Wildman–Crippen MR) is 94.3 cm³/mol. The zero-order valence-electron chi connectivity index (χ0n) is 14.7. The Morgan fingerprint density at radius 1 is 0.760 bits per heavy atom. The van der Waals surface area contributed by atoms with E-state index in [4.69, 9.17) is 4.74 Å². The first-order chi connectivity index (χ1) is 11.6. The largest absolute Gasteiger partial charge is 0.481 e. The Balaban J connectivity index is 2.59. The molecule has 0 amide bonds. The normalized spacial score (nSPS) is 11.8. The van der Waals surface area contributed by atoms with Gasteiger partial charge in [0.1, 0.15) is 11.5 Å². The van der Waals surface area contributed by atoms with E-state index >= 15 is 0 Å². The van der Waals surface area contributed by atoms with E-state index in [-0.39, 0.29) is 0 Å². The minimum absolute atomic E-state index is 0.417. The molecule has 0 bridgehead atoms. The number of carboxylic acid groups (broad SMARTS) is 2. The van der Waals surface area contributed by atoms with Gasteiger partial charge in [-0.25, -0.2) is 0 Å². The number of rotatable bonds is 6. The van der Waals surface area contributed by atoms with Crippen LogP contribution in [0.1, 0.15) is 38.8 Å². The number of aliphatic carboxylic acids is 2. The summed E-state index contributed by atoms with van der Waals surface area (Å²) in [6, 6.07) is 14.0. The monoisotopic (exact) mass is 342 g/mol. The van der Waals surface area contributed by atoms with Crippen LogP contribution in [0.3, 0.4) is 0 Å². The second-order valence-corrected chi connectivity index (χ2v) is 6.98. The lowest BCUT2D eigenvalue weighted by atomic mass is 9.73. The lowest BCUT2D eigenvalue weighted by Gasteiger charge is -2.30. The van der Waals surface area contributed by atoms with Crippen LogP contribution in [0.4, 0.5) is 0 Å². The number of carboxylic acids is 2. The highest BCUT2D eigenvalue weighted by Gasteiger charge is 2.39. The molecule has 2 N–H and O–H groups in total. The summed E-state index contributed by atoms with van der Waals surface area (Å²) in [7, 11) is 0. The van der Waals surface area contributed by atoms with Gasteiger partial charge >= 0.3 is 11.9 Å². The molecule has 0 unspecified atom stereocenters. The smallest absolute Gasteiger partial charge is 0.313 e. The molecule has 5 heteroatoms. The van der Waals surface area contributed by atoms with Crippen LogP contribution in [-0.4, -0.2) is 22.2 Å². The van der Waals surface area contributed by atoms with E-state index in [0.29, 0.717) is 22.6 Å². The molecule has 0 aliphatic carbocycles. The van der Waals surface area contributed by atoms with Gasteiger partial charge in [-0.2, -0.15) is 0 Å². The average molecular weight is 342 g/mol. The third-order valence-corrected chi connectivity index (χ3v) is 4.39. The van der Waals surface area contributed by atoms with Crippen LogP contribution in [0.15, 0.2) is 48.5 Å². The molecular weight excluding hydrogens is 320 g/mol. The van der Waals surface area contributed by atoms with Crippen LogP contribution in [-0.2, 0) is 20.4 Å². The van der Waals surface area contributed by atoms with Gasteiger partial charge in [0.2, 0.25) is 0 Å². The molecule has 2 rings (SSSR count). The first kappa shape index (κ1) is 18.5. The summed E-state index contributed by atoms with van der Waals surface area (Å²) in [5.41, 5.74) is -1.63. The fraction of sp³-hybridized carbons (Fsp3) is 0.300. The van der Waals surface area contributed by atoms with Gasteiger partial charge in [0.25, 0.3) is 0 Å². The maximum absolute atomic E-state index is 11.8. The highest BCUT2D eigenvalue weighted by molar-refractivity contribution is 5.85. The quantitative estimate of drug-likeness (QED) is 0.822. The van der Waals surface area contributed by atoms with E-state index in [1.807, 2.05) is 18.2 Å². The van der Waals surface area contributed by atoms with Crippen molar-refractivity contribution in [2.45, 2.75) is 38.5 Å². The lowest BCUT2D eigenvalue weighted by molar-refractivity contribution is -0.144. The van der Waals surface area contributed by atoms with E-state index in [9.17, 15) is 19.8 Å². The van der Waals surface area contributed by atoms with Crippen molar-refractivity contribution in [1.29, 1.82) is 0 Å². The number of ether oxygens (including phenoxy) is 1. The molecule has 0 heterocycles. The Kier molecular flexibility index (Phi) is 4.88. The Bertz CT molecular complexity index is 791. The van der Waals surface area contributed by atoms with Gasteiger partial charge in [-0.05, 0) is 63.1 Å². The second-order valence-electron chi connectivity index (χ2n) is 6.98. The first-order valence-corrected chi connectivity index (χ1v) is 7.91. The van der Waals surface area contributed by atoms with Crippen LogP contribution >= 0.6 is 0 Å². The highest BCUT2D eigenvalue weighted by atomic mass is 16.5. The third-order valence-electron chi connectivity index (χ3n) is 4.39. The van der Waals surface area contributed by atoms with Crippen molar-refractivity contribution >= 4 is 11.9 Å². The molecule has 2 aromatic rings. The van der Waals surface area contributed by atoms with Crippen molar-refractivity contribution in [3.8, 4) is 11.5 Å². The molecular formula is C20H22O5. The van der Waals surface area contributed by atoms with Gasteiger partial charge < -0.3 is 14.9 Å². The Hall–Kier alpha value is -2.82. The summed E-state index contributed by atoms with van der Waals surface area (Å²) in [6.45, 7) is 6.23. The van der Waals surface area contributed by atoms with Gasteiger partial charge in [-0.3, -0.25) is 9.59 Å². The molecule has 2 aromatic carbocycles. The van der Waals surface area contributed by atoms with E-state index in [2.05, 4.69) is 0 Å². The number of hydrogen-bond acceptors (Lipinski definition) is 3. The standard InChI is InChI=1S/C20H22O5/c1-19(2,17(21)22)15-11-10-14(25-13-8-6-5-7-9-13)12-16(15)20(3,4)18(23)24/h5-12H,1-4H3,(H,21,22)(H,23,24). The van der Waals surface area contributed by atoms with Gasteiger partial charge in [-0.15, -0.1) is 0 Å². The molecule has 0 saturated heterocycles. The number of para-hydroxylation sites is 1. The summed E-state index contributed by atoms with van der Waals surface area (Å²) >= 11 is 0. The Morgan fingerprint density at radius 3 is 1.80 bits per heavy atom. The SMILES string of the molecule is CC(C)(C(=O)O)c1ccc(Oc2ccccc2)cc1C(C)(C)C(=O)O. The zero-order valence-corrected chi connectivity index (χ0v) is 14.7. The summed E-state index contributed by atoms with van der Waals surface area (Å²) in [5, 5.41) is 19.2. The fourth-order valence-corrected chi connectivity index (χ4v) is 2.50. The minimum Gasteiger partial charge on any atom is -0.481 e. The molecule has 0 aliphatic heterocycles. The molecule has 5 nitrogen and oxygen atoms in total. The number of benzene rings is 2. The first-order valence-electron chi connectivity index (χ1n) is 7.91. The van der Waals surface area contributed by atoms with E-state index in [1.54, 1.807) is 58.0 Å². The van der Waals surface area contributed by atoms with Crippen LogP contribution in [0.2, 0.25) is 0 Å². The molecule has 0 saturated carbocycles. The Morgan fingerprint density at radius 2 is 1.28 bits per heavy atom. The average Bonchev–Trinajstić information content (AvgIpc) is 2.55. The number of carbonyl (C=O) groups is 2. The van der Waals surface area contributed by atoms with Gasteiger partial charge in [0.15, 0.2) is 0 Å². The van der Waals surface area contributed by atoms with Crippen LogP contribution in [0.5, 0.6) is 11.5 Å². The topological polar surface area (TPSA) is 83.8 Å². The van der Waals surface area contributed by atoms with Crippen molar-refractivity contribution in [1.82, 2.24) is 0 Å². The van der Waals surface area contributed by atoms with Crippen LogP contribution < -0.4 is 4.74 Å². The van der Waals surface area contributed by atoms with Gasteiger partial charge in [-0.1, -0.05) is 24.3 Å². The zero-order chi connectivity index (χ0) is 18.8. The molecule has 0 aliphatic rings. The van der Waals surface area contributed by atoms with Crippen molar-refractivity contribution < 1.29 is 24.5 Å².